The zero-order valence-electron chi connectivity index (χ0n) is 12.9. The van der Waals surface area contributed by atoms with Crippen molar-refractivity contribution >= 4 is 0 Å². The van der Waals surface area contributed by atoms with Crippen molar-refractivity contribution in [3.8, 4) is 0 Å². The van der Waals surface area contributed by atoms with Gasteiger partial charge in [0.25, 0.3) is 0 Å². The Morgan fingerprint density at radius 3 is 0.667 bits per heavy atom. The van der Waals surface area contributed by atoms with Crippen LogP contribution >= 0.6 is 0 Å². The molecule has 0 nitrogen and oxygen atoms in total. The highest BCUT2D eigenvalue weighted by Gasteiger charge is 2.28. The van der Waals surface area contributed by atoms with Crippen LogP contribution in [-0.2, 0) is 0 Å². The van der Waals surface area contributed by atoms with Crippen LogP contribution in [0.1, 0.15) is 128 Å². The summed E-state index contributed by atoms with van der Waals surface area (Å²) in [5, 5.41) is 0. The Balaban J connectivity index is -0.0000000402. The Kier molecular flexibility index (Phi) is 65.4. The molecular formula is C24H66. The van der Waals surface area contributed by atoms with E-state index in [-0.39, 0.29) is 59.4 Å². The van der Waals surface area contributed by atoms with Crippen LogP contribution in [-0.4, -0.2) is 0 Å². The lowest BCUT2D eigenvalue weighted by Gasteiger charge is -2.35. The van der Waals surface area contributed by atoms with Crippen LogP contribution in [0.4, 0.5) is 0 Å². The van der Waals surface area contributed by atoms with E-state index < -0.39 is 0 Å². The van der Waals surface area contributed by atoms with E-state index in [1.54, 1.807) is 0 Å². The van der Waals surface area contributed by atoms with E-state index in [1.165, 1.54) is 12.8 Å². The van der Waals surface area contributed by atoms with Crippen molar-refractivity contribution in [3.63, 3.8) is 0 Å². The molecule has 0 bridgehead atoms. The molecule has 0 amide bonds. The molecule has 0 radical (unpaired) electrons. The molecule has 0 saturated carbocycles. The Hall–Kier alpha value is 0. The molecule has 0 aliphatic rings. The zero-order valence-corrected chi connectivity index (χ0v) is 12.9. The summed E-state index contributed by atoms with van der Waals surface area (Å²) in [7, 11) is 0. The monoisotopic (exact) mass is 355 g/mol. The molecule has 0 heteroatoms. The third-order valence-electron chi connectivity index (χ3n) is 5.57. The largest absolute Gasteiger partial charge is 0.0776 e. The van der Waals surface area contributed by atoms with Crippen molar-refractivity contribution in [1.29, 1.82) is 0 Å². The molecule has 0 spiro atoms. The third-order valence-corrected chi connectivity index (χ3v) is 5.57. The molecule has 0 N–H and O–H groups in total. The van der Waals surface area contributed by atoms with Gasteiger partial charge in [0.1, 0.15) is 0 Å². The van der Waals surface area contributed by atoms with Crippen molar-refractivity contribution in [1.82, 2.24) is 0 Å². The minimum atomic E-state index is 0. The third kappa shape index (κ3) is 16.8. The lowest BCUT2D eigenvalue weighted by molar-refractivity contribution is 0.136. The van der Waals surface area contributed by atoms with Crippen molar-refractivity contribution in [2.45, 2.75) is 128 Å². The van der Waals surface area contributed by atoms with Gasteiger partial charge in [-0.05, 0) is 35.5 Å². The van der Waals surface area contributed by atoms with E-state index in [1.807, 2.05) is 0 Å². The summed E-state index contributed by atoms with van der Waals surface area (Å²) < 4.78 is 0. The maximum atomic E-state index is 2.46. The van der Waals surface area contributed by atoms with E-state index in [4.69, 9.17) is 0 Å². The lowest BCUT2D eigenvalue weighted by atomic mass is 9.70. The van der Waals surface area contributed by atoms with Gasteiger partial charge in [0.2, 0.25) is 0 Å². The first-order valence-electron chi connectivity index (χ1n) is 7.36. The molecule has 6 atom stereocenters. The fourth-order valence-electron chi connectivity index (χ4n) is 2.74. The molecule has 0 aliphatic carbocycles. The maximum Gasteiger partial charge on any atom is -0.0386 e. The molecule has 0 aromatic heterocycles. The second-order valence-corrected chi connectivity index (χ2v) is 6.21. The standard InChI is InChI=1S/C16H34.8CH4/c1-9-11(3)13(5)15(7)16(8)14(6)12(4)10-2;;;;;;;;/h11-16H,9-10H2,1-8H3;8*1H4. The highest BCUT2D eigenvalue weighted by molar-refractivity contribution is 4.77. The highest BCUT2D eigenvalue weighted by Crippen LogP contribution is 2.35. The van der Waals surface area contributed by atoms with Gasteiger partial charge in [-0.3, -0.25) is 0 Å². The van der Waals surface area contributed by atoms with E-state index in [2.05, 4.69) is 55.4 Å². The summed E-state index contributed by atoms with van der Waals surface area (Å²) in [6.07, 6.45) is 2.63. The van der Waals surface area contributed by atoms with Gasteiger partial charge in [-0.2, -0.15) is 0 Å². The Labute approximate surface area is 163 Å². The number of hydrogen-bond acceptors (Lipinski definition) is 0. The average Bonchev–Trinajstić information content (AvgIpc) is 2.32. The first-order chi connectivity index (χ1) is 7.36. The zero-order chi connectivity index (χ0) is 12.9. The van der Waals surface area contributed by atoms with Crippen LogP contribution in [0.15, 0.2) is 0 Å². The summed E-state index contributed by atoms with van der Waals surface area (Å²) in [5.74, 6) is 5.12. The Morgan fingerprint density at radius 1 is 0.375 bits per heavy atom. The van der Waals surface area contributed by atoms with Crippen LogP contribution in [0.2, 0.25) is 0 Å². The molecule has 0 heterocycles. The van der Waals surface area contributed by atoms with Crippen LogP contribution < -0.4 is 0 Å². The fraction of sp³-hybridized carbons (Fsp3) is 1.00. The topological polar surface area (TPSA) is 0 Å². The Bertz CT molecular complexity index is 153. The highest BCUT2D eigenvalue weighted by atomic mass is 14.3. The minimum absolute atomic E-state index is 0. The van der Waals surface area contributed by atoms with Gasteiger partial charge in [0.15, 0.2) is 0 Å². The summed E-state index contributed by atoms with van der Waals surface area (Å²) in [6, 6.07) is 0. The minimum Gasteiger partial charge on any atom is -0.0776 e. The first kappa shape index (κ1) is 56.4. The molecule has 6 unspecified atom stereocenters. The number of hydrogen-bond donors (Lipinski definition) is 0. The van der Waals surface area contributed by atoms with Gasteiger partial charge in [0, 0.05) is 0 Å². The van der Waals surface area contributed by atoms with Crippen LogP contribution in [0.25, 0.3) is 0 Å². The molecule has 162 valence electrons. The molecule has 0 fully saturated rings. The quantitative estimate of drug-likeness (QED) is 0.426. The molecular weight excluding hydrogens is 288 g/mol. The predicted octanol–water partition coefficient (Wildman–Crippen LogP) is 10.7. The summed E-state index contributed by atoms with van der Waals surface area (Å²) in [4.78, 5) is 0. The summed E-state index contributed by atoms with van der Waals surface area (Å²) >= 11 is 0. The SMILES string of the molecule is C.C.C.C.C.C.C.C.CCC(C)C(C)C(C)C(C)C(C)C(C)CC. The van der Waals surface area contributed by atoms with Crippen molar-refractivity contribution < 1.29 is 0 Å². The van der Waals surface area contributed by atoms with Gasteiger partial charge >= 0.3 is 0 Å². The number of rotatable bonds is 7. The van der Waals surface area contributed by atoms with Gasteiger partial charge in [-0.1, -0.05) is 128 Å². The lowest BCUT2D eigenvalue weighted by Crippen LogP contribution is -2.28. The first-order valence-corrected chi connectivity index (χ1v) is 7.36. The van der Waals surface area contributed by atoms with Crippen molar-refractivity contribution in [3.05, 3.63) is 0 Å². The summed E-state index contributed by atoms with van der Waals surface area (Å²) in [5.41, 5.74) is 0. The van der Waals surface area contributed by atoms with Gasteiger partial charge in [-0.15, -0.1) is 0 Å². The molecule has 0 aromatic rings. The second kappa shape index (κ2) is 27.8. The van der Waals surface area contributed by atoms with Gasteiger partial charge < -0.3 is 0 Å². The van der Waals surface area contributed by atoms with E-state index in [0.717, 1.165) is 35.5 Å². The molecule has 0 aromatic carbocycles. The molecule has 24 heavy (non-hydrogen) atoms. The van der Waals surface area contributed by atoms with Gasteiger partial charge in [0.05, 0.1) is 0 Å². The van der Waals surface area contributed by atoms with Crippen LogP contribution in [0.3, 0.4) is 0 Å². The van der Waals surface area contributed by atoms with Crippen molar-refractivity contribution in [2.24, 2.45) is 35.5 Å². The maximum absolute atomic E-state index is 2.46. The van der Waals surface area contributed by atoms with E-state index in [9.17, 15) is 0 Å². The average molecular weight is 355 g/mol. The molecule has 0 aliphatic heterocycles. The van der Waals surface area contributed by atoms with Crippen LogP contribution in [0.5, 0.6) is 0 Å². The van der Waals surface area contributed by atoms with E-state index >= 15 is 0 Å². The molecule has 0 saturated heterocycles. The van der Waals surface area contributed by atoms with Gasteiger partial charge in [-0.25, -0.2) is 0 Å². The second-order valence-electron chi connectivity index (χ2n) is 6.21. The van der Waals surface area contributed by atoms with Crippen molar-refractivity contribution in [2.75, 3.05) is 0 Å². The fourth-order valence-corrected chi connectivity index (χ4v) is 2.74. The predicted molar refractivity (Wildman–Crippen MR) is 129 cm³/mol. The van der Waals surface area contributed by atoms with E-state index in [0.29, 0.717) is 0 Å². The Morgan fingerprint density at radius 2 is 0.542 bits per heavy atom. The smallest absolute Gasteiger partial charge is 0.0386 e. The van der Waals surface area contributed by atoms with Crippen LogP contribution in [0, 0.1) is 35.5 Å². The summed E-state index contributed by atoms with van der Waals surface area (Å²) in [6.45, 7) is 19.2. The molecule has 0 rings (SSSR count). The normalized spacial score (nSPS) is 15.5.